The van der Waals surface area contributed by atoms with E-state index in [0.29, 0.717) is 11.0 Å². The number of benzene rings is 2. The molecular formula is C20H22N4O4S. The van der Waals surface area contributed by atoms with E-state index in [1.807, 2.05) is 42.1 Å². The molecule has 1 N–H and O–H groups in total. The highest BCUT2D eigenvalue weighted by molar-refractivity contribution is 8.00. The average Bonchev–Trinajstić information content (AvgIpc) is 2.75. The van der Waals surface area contributed by atoms with Crippen LogP contribution >= 0.6 is 11.8 Å². The highest BCUT2D eigenvalue weighted by Gasteiger charge is 2.20. The zero-order chi connectivity index (χ0) is 20.6. The van der Waals surface area contributed by atoms with Crippen LogP contribution in [0.15, 0.2) is 53.6 Å². The first kappa shape index (κ1) is 20.8. The van der Waals surface area contributed by atoms with Crippen molar-refractivity contribution in [2.75, 3.05) is 11.2 Å². The van der Waals surface area contributed by atoms with Crippen LogP contribution in [0.4, 0.5) is 17.1 Å². The molecule has 0 unspecified atom stereocenters. The molecule has 3 rings (SSSR count). The Labute approximate surface area is 172 Å². The van der Waals surface area contributed by atoms with E-state index in [-0.39, 0.29) is 17.1 Å². The smallest absolute Gasteiger partial charge is 0.271 e. The minimum atomic E-state index is -0.656. The Hall–Kier alpha value is -2.94. The standard InChI is InChI=1S/C20H22N4O4S/c25-23(26)16-11-12-18(20(13-16)24(27)28)21-22-19(15-7-3-1-4-8-15)14-29-17-9-5-2-6-10-17/h1,3-4,7-8,11-13,17,21H,2,5-6,9-10,14H2/b22-19+. The molecule has 0 saturated heterocycles. The number of non-ortho nitro benzene ring substituents is 1. The molecule has 29 heavy (non-hydrogen) atoms. The van der Waals surface area contributed by atoms with E-state index in [1.54, 1.807) is 0 Å². The van der Waals surface area contributed by atoms with Crippen LogP contribution in [-0.2, 0) is 0 Å². The number of nitro benzene ring substituents is 2. The summed E-state index contributed by atoms with van der Waals surface area (Å²) in [6.07, 6.45) is 6.20. The van der Waals surface area contributed by atoms with E-state index >= 15 is 0 Å². The van der Waals surface area contributed by atoms with Crippen molar-refractivity contribution in [2.24, 2.45) is 5.10 Å². The molecule has 8 nitrogen and oxygen atoms in total. The number of rotatable bonds is 8. The van der Waals surface area contributed by atoms with Gasteiger partial charge in [0.15, 0.2) is 0 Å². The molecule has 0 amide bonds. The molecule has 0 atom stereocenters. The number of hydrogen-bond donors (Lipinski definition) is 1. The van der Waals surface area contributed by atoms with Crippen LogP contribution in [0, 0.1) is 20.2 Å². The van der Waals surface area contributed by atoms with Crippen molar-refractivity contribution in [3.05, 3.63) is 74.3 Å². The summed E-state index contributed by atoms with van der Waals surface area (Å²) in [5.41, 5.74) is 3.89. The summed E-state index contributed by atoms with van der Waals surface area (Å²) in [6.45, 7) is 0. The summed E-state index contributed by atoms with van der Waals surface area (Å²) < 4.78 is 0. The van der Waals surface area contributed by atoms with Gasteiger partial charge in [0.05, 0.1) is 21.6 Å². The molecule has 1 saturated carbocycles. The SMILES string of the molecule is O=[N+]([O-])c1ccc(N/N=C(\CSC2CCCCC2)c2ccccc2)c([N+](=O)[O-])c1. The van der Waals surface area contributed by atoms with Gasteiger partial charge in [-0.2, -0.15) is 16.9 Å². The fourth-order valence-corrected chi connectivity index (χ4v) is 4.54. The van der Waals surface area contributed by atoms with Crippen molar-refractivity contribution in [3.63, 3.8) is 0 Å². The molecule has 152 valence electrons. The van der Waals surface area contributed by atoms with E-state index in [1.165, 1.54) is 44.2 Å². The first-order valence-corrected chi connectivity index (χ1v) is 10.5. The zero-order valence-electron chi connectivity index (χ0n) is 15.8. The summed E-state index contributed by atoms with van der Waals surface area (Å²) in [4.78, 5) is 20.9. The lowest BCUT2D eigenvalue weighted by Crippen LogP contribution is -2.14. The van der Waals surface area contributed by atoms with E-state index in [4.69, 9.17) is 0 Å². The zero-order valence-corrected chi connectivity index (χ0v) is 16.6. The van der Waals surface area contributed by atoms with Gasteiger partial charge in [-0.1, -0.05) is 49.6 Å². The van der Waals surface area contributed by atoms with Gasteiger partial charge in [0, 0.05) is 17.1 Å². The van der Waals surface area contributed by atoms with Crippen LogP contribution in [0.5, 0.6) is 0 Å². The molecule has 0 bridgehead atoms. The van der Waals surface area contributed by atoms with Gasteiger partial charge in [0.2, 0.25) is 0 Å². The maximum Gasteiger partial charge on any atom is 0.301 e. The van der Waals surface area contributed by atoms with Crippen molar-refractivity contribution in [1.82, 2.24) is 0 Å². The fourth-order valence-electron chi connectivity index (χ4n) is 3.25. The number of hydrazone groups is 1. The van der Waals surface area contributed by atoms with Gasteiger partial charge in [-0.25, -0.2) is 0 Å². The van der Waals surface area contributed by atoms with Gasteiger partial charge in [0.25, 0.3) is 5.69 Å². The second kappa shape index (κ2) is 10.0. The first-order valence-electron chi connectivity index (χ1n) is 9.47. The van der Waals surface area contributed by atoms with Gasteiger partial charge >= 0.3 is 5.69 Å². The molecule has 0 radical (unpaired) electrons. The Kier molecular flexibility index (Phi) is 7.18. The number of nitrogens with zero attached hydrogens (tertiary/aromatic N) is 3. The topological polar surface area (TPSA) is 111 Å². The predicted molar refractivity (Wildman–Crippen MR) is 116 cm³/mol. The summed E-state index contributed by atoms with van der Waals surface area (Å²) in [6, 6.07) is 13.1. The summed E-state index contributed by atoms with van der Waals surface area (Å²) in [7, 11) is 0. The third kappa shape index (κ3) is 5.77. The molecule has 2 aromatic rings. The van der Waals surface area contributed by atoms with Gasteiger partial charge in [-0.3, -0.25) is 25.7 Å². The van der Waals surface area contributed by atoms with Gasteiger partial charge in [-0.05, 0) is 24.5 Å². The van der Waals surface area contributed by atoms with Crippen molar-refractivity contribution in [3.8, 4) is 0 Å². The van der Waals surface area contributed by atoms with Crippen LogP contribution in [0.25, 0.3) is 0 Å². The normalized spacial score (nSPS) is 15.1. The third-order valence-corrected chi connectivity index (χ3v) is 6.20. The predicted octanol–water partition coefficient (Wildman–Crippen LogP) is 5.39. The highest BCUT2D eigenvalue weighted by Crippen LogP contribution is 2.30. The lowest BCUT2D eigenvalue weighted by atomic mass is 10.0. The number of hydrogen-bond acceptors (Lipinski definition) is 7. The highest BCUT2D eigenvalue weighted by atomic mass is 32.2. The monoisotopic (exact) mass is 414 g/mol. The summed E-state index contributed by atoms with van der Waals surface area (Å²) in [5, 5.41) is 27.3. The van der Waals surface area contributed by atoms with E-state index in [0.717, 1.165) is 17.3 Å². The van der Waals surface area contributed by atoms with Crippen LogP contribution in [0.2, 0.25) is 0 Å². The van der Waals surface area contributed by atoms with Gasteiger partial charge in [-0.15, -0.1) is 0 Å². The van der Waals surface area contributed by atoms with Crippen molar-refractivity contribution >= 4 is 34.5 Å². The van der Waals surface area contributed by atoms with Crippen LogP contribution in [0.3, 0.4) is 0 Å². The average molecular weight is 414 g/mol. The van der Waals surface area contributed by atoms with E-state index in [9.17, 15) is 20.2 Å². The Morgan fingerprint density at radius 1 is 1.03 bits per heavy atom. The van der Waals surface area contributed by atoms with Gasteiger partial charge < -0.3 is 0 Å². The maximum atomic E-state index is 11.3. The second-order valence-electron chi connectivity index (χ2n) is 6.82. The molecule has 0 spiro atoms. The largest absolute Gasteiger partial charge is 0.301 e. The maximum absolute atomic E-state index is 11.3. The quantitative estimate of drug-likeness (QED) is 0.352. The number of anilines is 1. The van der Waals surface area contributed by atoms with Crippen molar-refractivity contribution < 1.29 is 9.85 Å². The first-order chi connectivity index (χ1) is 14.0. The molecule has 1 fully saturated rings. The van der Waals surface area contributed by atoms with Crippen LogP contribution in [-0.4, -0.2) is 26.6 Å². The van der Waals surface area contributed by atoms with Crippen molar-refractivity contribution in [2.45, 2.75) is 37.4 Å². The van der Waals surface area contributed by atoms with Gasteiger partial charge in [0.1, 0.15) is 5.69 Å². The molecule has 0 aromatic heterocycles. The minimum absolute atomic E-state index is 0.122. The molecule has 2 aromatic carbocycles. The molecule has 1 aliphatic carbocycles. The molecule has 0 heterocycles. The lowest BCUT2D eigenvalue weighted by molar-refractivity contribution is -0.393. The minimum Gasteiger partial charge on any atom is -0.271 e. The van der Waals surface area contributed by atoms with E-state index < -0.39 is 9.85 Å². The Balaban J connectivity index is 1.82. The van der Waals surface area contributed by atoms with E-state index in [2.05, 4.69) is 10.5 Å². The van der Waals surface area contributed by atoms with Crippen molar-refractivity contribution in [1.29, 1.82) is 0 Å². The second-order valence-corrected chi connectivity index (χ2v) is 8.11. The van der Waals surface area contributed by atoms with Crippen LogP contribution in [0.1, 0.15) is 37.7 Å². The Morgan fingerprint density at radius 3 is 2.41 bits per heavy atom. The number of thioether (sulfide) groups is 1. The summed E-state index contributed by atoms with van der Waals surface area (Å²) >= 11 is 1.86. The molecule has 1 aliphatic rings. The molecule has 9 heteroatoms. The molecular weight excluding hydrogens is 392 g/mol. The fraction of sp³-hybridized carbons (Fsp3) is 0.350. The third-order valence-electron chi connectivity index (χ3n) is 4.82. The number of nitrogens with one attached hydrogen (secondary N) is 1. The lowest BCUT2D eigenvalue weighted by Gasteiger charge is -2.21. The molecule has 0 aliphatic heterocycles. The Morgan fingerprint density at radius 2 is 1.76 bits per heavy atom. The Bertz CT molecular complexity index is 899. The van der Waals surface area contributed by atoms with Crippen LogP contribution < -0.4 is 5.43 Å². The number of nitro groups is 2. The summed E-state index contributed by atoms with van der Waals surface area (Å²) in [5.74, 6) is 0.683.